The van der Waals surface area contributed by atoms with Gasteiger partial charge >= 0.3 is 5.97 Å². The number of hydrogen-bond acceptors (Lipinski definition) is 4. The van der Waals surface area contributed by atoms with Crippen LogP contribution in [0.15, 0.2) is 59.5 Å². The molecule has 0 radical (unpaired) electrons. The number of carbonyl (C=O) groups is 2. The summed E-state index contributed by atoms with van der Waals surface area (Å²) in [5.74, 6) is -0.319. The van der Waals surface area contributed by atoms with E-state index in [0.29, 0.717) is 24.2 Å². The Morgan fingerprint density at radius 3 is 2.89 bits per heavy atom. The molecule has 1 aliphatic rings. The lowest BCUT2D eigenvalue weighted by Gasteiger charge is -2.27. The molecular formula is C22H18O4S. The summed E-state index contributed by atoms with van der Waals surface area (Å²) in [7, 11) is 0. The molecule has 1 N–H and O–H groups in total. The van der Waals surface area contributed by atoms with E-state index in [4.69, 9.17) is 9.84 Å². The van der Waals surface area contributed by atoms with E-state index >= 15 is 0 Å². The molecule has 5 heteroatoms. The summed E-state index contributed by atoms with van der Waals surface area (Å²) in [4.78, 5) is 23.8. The fourth-order valence-corrected chi connectivity index (χ4v) is 4.34. The van der Waals surface area contributed by atoms with E-state index in [1.807, 2.05) is 24.3 Å². The highest BCUT2D eigenvalue weighted by molar-refractivity contribution is 7.17. The summed E-state index contributed by atoms with van der Waals surface area (Å²) in [5.41, 5.74) is 2.70. The second-order valence-corrected chi connectivity index (χ2v) is 7.52. The van der Waals surface area contributed by atoms with Crippen LogP contribution >= 0.6 is 11.3 Å². The van der Waals surface area contributed by atoms with Crippen LogP contribution in [0.4, 0.5) is 0 Å². The van der Waals surface area contributed by atoms with Gasteiger partial charge in [-0.25, -0.2) is 4.79 Å². The molecule has 0 spiro atoms. The Labute approximate surface area is 160 Å². The molecule has 4 nitrogen and oxygen atoms in total. The van der Waals surface area contributed by atoms with Gasteiger partial charge in [0.15, 0.2) is 5.78 Å². The molecule has 27 heavy (non-hydrogen) atoms. The van der Waals surface area contributed by atoms with E-state index in [2.05, 4.69) is 17.5 Å². The van der Waals surface area contributed by atoms with Crippen molar-refractivity contribution in [3.8, 4) is 5.75 Å². The van der Waals surface area contributed by atoms with Crippen molar-refractivity contribution in [2.75, 3.05) is 0 Å². The van der Waals surface area contributed by atoms with Crippen molar-refractivity contribution in [3.63, 3.8) is 0 Å². The zero-order valence-electron chi connectivity index (χ0n) is 14.8. The average Bonchev–Trinajstić information content (AvgIpc) is 3.10. The van der Waals surface area contributed by atoms with Crippen molar-refractivity contribution < 1.29 is 19.4 Å². The van der Waals surface area contributed by atoms with E-state index < -0.39 is 5.97 Å². The van der Waals surface area contributed by atoms with Crippen LogP contribution < -0.4 is 4.74 Å². The van der Waals surface area contributed by atoms with Crippen LogP contribution in [0.3, 0.4) is 0 Å². The van der Waals surface area contributed by atoms with Crippen LogP contribution in [-0.2, 0) is 11.2 Å². The Kier molecular flexibility index (Phi) is 4.54. The fraction of sp³-hybridized carbons (Fsp3) is 0.182. The number of aliphatic carboxylic acids is 1. The maximum absolute atomic E-state index is 12.7. The normalized spacial score (nSPS) is 16.9. The van der Waals surface area contributed by atoms with Gasteiger partial charge in [0.25, 0.3) is 0 Å². The number of thiophene rings is 1. The van der Waals surface area contributed by atoms with Crippen LogP contribution in [0, 0.1) is 0 Å². The van der Waals surface area contributed by atoms with Gasteiger partial charge < -0.3 is 9.84 Å². The lowest BCUT2D eigenvalue weighted by atomic mass is 9.93. The van der Waals surface area contributed by atoms with Crippen molar-refractivity contribution in [1.82, 2.24) is 0 Å². The number of carbonyl (C=O) groups excluding carboxylic acids is 1. The molecule has 0 saturated carbocycles. The summed E-state index contributed by atoms with van der Waals surface area (Å²) in [6, 6.07) is 13.6. The number of ketones is 1. The zero-order valence-corrected chi connectivity index (χ0v) is 15.6. The molecule has 3 aromatic rings. The Hall–Kier alpha value is -2.92. The molecule has 1 aromatic heterocycles. The van der Waals surface area contributed by atoms with E-state index in [0.717, 1.165) is 16.5 Å². The maximum atomic E-state index is 12.7. The number of benzene rings is 2. The Bertz CT molecular complexity index is 1080. The number of ether oxygens (including phenoxy) is 1. The van der Waals surface area contributed by atoms with Crippen molar-refractivity contribution in [2.24, 2.45) is 0 Å². The number of para-hydroxylation sites is 1. The fourth-order valence-electron chi connectivity index (χ4n) is 3.34. The van der Waals surface area contributed by atoms with Gasteiger partial charge in [-0.3, -0.25) is 4.79 Å². The average molecular weight is 378 g/mol. The molecule has 1 aliphatic heterocycles. The summed E-state index contributed by atoms with van der Waals surface area (Å²) >= 11 is 1.65. The van der Waals surface area contributed by atoms with Crippen LogP contribution in [-0.4, -0.2) is 16.9 Å². The van der Waals surface area contributed by atoms with Gasteiger partial charge in [-0.2, -0.15) is 0 Å². The highest BCUT2D eigenvalue weighted by Crippen LogP contribution is 2.41. The van der Waals surface area contributed by atoms with Gasteiger partial charge in [0.05, 0.1) is 12.0 Å². The molecule has 2 aromatic carbocycles. The molecule has 136 valence electrons. The molecule has 0 saturated heterocycles. The third-order valence-corrected chi connectivity index (χ3v) is 5.83. The molecule has 0 aliphatic carbocycles. The first kappa shape index (κ1) is 17.5. The highest BCUT2D eigenvalue weighted by atomic mass is 32.1. The highest BCUT2D eigenvalue weighted by Gasteiger charge is 2.30. The first-order chi connectivity index (χ1) is 13.0. The minimum atomic E-state index is -0.945. The first-order valence-electron chi connectivity index (χ1n) is 8.72. The van der Waals surface area contributed by atoms with Crippen LogP contribution in [0.25, 0.3) is 10.1 Å². The Morgan fingerprint density at radius 1 is 1.26 bits per heavy atom. The van der Waals surface area contributed by atoms with Crippen LogP contribution in [0.2, 0.25) is 0 Å². The zero-order chi connectivity index (χ0) is 19.0. The van der Waals surface area contributed by atoms with E-state index in [1.54, 1.807) is 30.4 Å². The van der Waals surface area contributed by atoms with Gasteiger partial charge in [0.1, 0.15) is 11.9 Å². The van der Waals surface area contributed by atoms with E-state index in [9.17, 15) is 9.59 Å². The lowest BCUT2D eigenvalue weighted by molar-refractivity contribution is -0.132. The standard InChI is InChI=1S/C22H18O4S/c1-13(22(24)25)9-10-14-5-4-7-16-18(23)11-19(26-21(14)16)17-12-27-20-8-3-2-6-15(17)20/h2-9,12,19H,10-11H2,1H3,(H,24,25)/b13-9+. The number of rotatable bonds is 4. The SMILES string of the molecule is C/C(=C\Cc1cccc2c1OC(c1csc3ccccc13)CC2=O)C(=O)O. The van der Waals surface area contributed by atoms with E-state index in [1.165, 1.54) is 4.70 Å². The second kappa shape index (κ2) is 7.00. The minimum Gasteiger partial charge on any atom is -0.484 e. The summed E-state index contributed by atoms with van der Waals surface area (Å²) in [6.07, 6.45) is 2.04. The molecule has 0 bridgehead atoms. The van der Waals surface area contributed by atoms with E-state index in [-0.39, 0.29) is 17.5 Å². The molecule has 0 fully saturated rings. The topological polar surface area (TPSA) is 63.6 Å². The van der Waals surface area contributed by atoms with Gasteiger partial charge in [-0.1, -0.05) is 36.4 Å². The summed E-state index contributed by atoms with van der Waals surface area (Å²) < 4.78 is 7.46. The number of carboxylic acid groups (broad SMARTS) is 1. The van der Waals surface area contributed by atoms with Crippen LogP contribution in [0.1, 0.15) is 40.9 Å². The van der Waals surface area contributed by atoms with Gasteiger partial charge in [0, 0.05) is 15.8 Å². The molecule has 4 rings (SSSR count). The predicted molar refractivity (Wildman–Crippen MR) is 106 cm³/mol. The number of allylic oxidation sites excluding steroid dienone is 1. The maximum Gasteiger partial charge on any atom is 0.330 e. The predicted octanol–water partition coefficient (Wildman–Crippen LogP) is 5.18. The van der Waals surface area contributed by atoms with Crippen molar-refractivity contribution in [3.05, 3.63) is 76.2 Å². The molecule has 1 unspecified atom stereocenters. The summed E-state index contributed by atoms with van der Waals surface area (Å²) in [6.45, 7) is 1.56. The molecular weight excluding hydrogens is 360 g/mol. The van der Waals surface area contributed by atoms with Gasteiger partial charge in [-0.15, -0.1) is 11.3 Å². The molecule has 1 atom stereocenters. The first-order valence-corrected chi connectivity index (χ1v) is 9.60. The number of fused-ring (bicyclic) bond motifs is 2. The quantitative estimate of drug-likeness (QED) is 0.635. The van der Waals surface area contributed by atoms with Crippen molar-refractivity contribution >= 4 is 33.2 Å². The van der Waals surface area contributed by atoms with Gasteiger partial charge in [-0.05, 0) is 41.8 Å². The number of Topliss-reactive ketones (excluding diaryl/α,β-unsaturated/α-hetero) is 1. The van der Waals surface area contributed by atoms with Gasteiger partial charge in [0.2, 0.25) is 0 Å². The number of hydrogen-bond donors (Lipinski definition) is 1. The van der Waals surface area contributed by atoms with Crippen molar-refractivity contribution in [2.45, 2.75) is 25.9 Å². The van der Waals surface area contributed by atoms with Crippen molar-refractivity contribution in [1.29, 1.82) is 0 Å². The second-order valence-electron chi connectivity index (χ2n) is 6.61. The summed E-state index contributed by atoms with van der Waals surface area (Å²) in [5, 5.41) is 12.2. The smallest absolute Gasteiger partial charge is 0.330 e. The largest absolute Gasteiger partial charge is 0.484 e. The third kappa shape index (κ3) is 3.26. The Morgan fingerprint density at radius 2 is 2.07 bits per heavy atom. The molecule has 2 heterocycles. The number of carboxylic acids is 1. The minimum absolute atomic E-state index is 0.0531. The lowest BCUT2D eigenvalue weighted by Crippen LogP contribution is -2.21. The molecule has 0 amide bonds. The Balaban J connectivity index is 1.71. The monoisotopic (exact) mass is 378 g/mol. The van der Waals surface area contributed by atoms with Crippen LogP contribution in [0.5, 0.6) is 5.75 Å². The third-order valence-electron chi connectivity index (χ3n) is 4.85.